The predicted molar refractivity (Wildman–Crippen MR) is 161 cm³/mol. The number of fused-ring (bicyclic) bond motifs is 1. The predicted octanol–water partition coefficient (Wildman–Crippen LogP) is 1.68. The van der Waals surface area contributed by atoms with Gasteiger partial charge in [0.1, 0.15) is 23.5 Å². The molecule has 2 N–H and O–H groups in total. The number of hydrazine groups is 2. The van der Waals surface area contributed by atoms with Gasteiger partial charge in [0.2, 0.25) is 5.96 Å². The second-order valence-electron chi connectivity index (χ2n) is 10.2. The van der Waals surface area contributed by atoms with E-state index in [0.29, 0.717) is 60.0 Å². The number of rotatable bonds is 6. The van der Waals surface area contributed by atoms with Gasteiger partial charge in [-0.2, -0.15) is 0 Å². The average Bonchev–Trinajstić information content (AvgIpc) is 3.85. The molecule has 1 saturated heterocycles. The molecular weight excluding hydrogens is 564 g/mol. The number of piperazine rings is 1. The van der Waals surface area contributed by atoms with Crippen molar-refractivity contribution in [2.45, 2.75) is 0 Å². The van der Waals surface area contributed by atoms with Crippen LogP contribution in [0.5, 0.6) is 5.75 Å². The lowest BCUT2D eigenvalue weighted by molar-refractivity contribution is -0.127. The van der Waals surface area contributed by atoms with Crippen LogP contribution in [0, 0.1) is 0 Å². The van der Waals surface area contributed by atoms with Gasteiger partial charge in [0.25, 0.3) is 11.7 Å². The van der Waals surface area contributed by atoms with Crippen LogP contribution in [0.3, 0.4) is 0 Å². The van der Waals surface area contributed by atoms with Crippen LogP contribution in [-0.2, 0) is 4.79 Å². The van der Waals surface area contributed by atoms with Gasteiger partial charge in [0.05, 0.1) is 47.9 Å². The zero-order chi connectivity index (χ0) is 30.2. The second-order valence-corrected chi connectivity index (χ2v) is 10.2. The summed E-state index contributed by atoms with van der Waals surface area (Å²) in [7, 11) is 3.32. The molecule has 0 aliphatic carbocycles. The van der Waals surface area contributed by atoms with E-state index in [4.69, 9.17) is 4.74 Å². The molecule has 0 atom stereocenters. The number of amides is 1. The Kier molecular flexibility index (Phi) is 6.82. The molecule has 1 amide bonds. The van der Waals surface area contributed by atoms with Crippen molar-refractivity contribution in [3.8, 4) is 23.0 Å². The Bertz CT molecular complexity index is 1850. The van der Waals surface area contributed by atoms with Crippen molar-refractivity contribution in [3.63, 3.8) is 0 Å². The number of nitrogens with zero attached hydrogens (tertiary/aromatic N) is 10. The van der Waals surface area contributed by atoms with E-state index >= 15 is 0 Å². The number of pyridine rings is 1. The van der Waals surface area contributed by atoms with Gasteiger partial charge in [-0.25, -0.2) is 30.1 Å². The van der Waals surface area contributed by atoms with Gasteiger partial charge in [-0.05, 0) is 12.1 Å². The normalized spacial score (nSPS) is 15.2. The van der Waals surface area contributed by atoms with Crippen LogP contribution in [0.1, 0.15) is 10.4 Å². The molecule has 0 radical (unpaired) electrons. The lowest BCUT2D eigenvalue weighted by Gasteiger charge is -2.37. The zero-order valence-electron chi connectivity index (χ0n) is 24.0. The highest BCUT2D eigenvalue weighted by atomic mass is 16.5. The summed E-state index contributed by atoms with van der Waals surface area (Å²) in [5, 5.41) is 8.59. The number of imidazole rings is 1. The molecule has 1 fully saturated rings. The van der Waals surface area contributed by atoms with E-state index < -0.39 is 11.7 Å². The minimum Gasteiger partial charge on any atom is -0.494 e. The number of anilines is 1. The third-order valence-corrected chi connectivity index (χ3v) is 7.53. The van der Waals surface area contributed by atoms with Gasteiger partial charge in [0.15, 0.2) is 5.82 Å². The molecule has 15 heteroatoms. The van der Waals surface area contributed by atoms with Crippen molar-refractivity contribution < 1.29 is 14.3 Å². The van der Waals surface area contributed by atoms with E-state index in [2.05, 4.69) is 40.5 Å². The van der Waals surface area contributed by atoms with E-state index in [1.54, 1.807) is 45.7 Å². The Balaban J connectivity index is 1.10. The van der Waals surface area contributed by atoms with E-state index in [9.17, 15) is 9.59 Å². The topological polar surface area (TPSA) is 153 Å². The highest BCUT2D eigenvalue weighted by molar-refractivity contribution is 6.45. The van der Waals surface area contributed by atoms with Crippen LogP contribution < -0.4 is 15.3 Å². The van der Waals surface area contributed by atoms with Gasteiger partial charge in [-0.3, -0.25) is 14.2 Å². The average molecular weight is 593 g/mol. The molecule has 7 rings (SSSR count). The van der Waals surface area contributed by atoms with Crippen LogP contribution >= 0.6 is 0 Å². The third-order valence-electron chi connectivity index (χ3n) is 7.53. The Morgan fingerprint density at radius 1 is 0.977 bits per heavy atom. The molecule has 0 bridgehead atoms. The van der Waals surface area contributed by atoms with Crippen LogP contribution in [0.25, 0.3) is 28.1 Å². The number of hydrogen-bond donors (Lipinski definition) is 2. The fraction of sp³-hybridized carbons (Fsp3) is 0.207. The number of H-pyrrole nitrogens is 1. The Morgan fingerprint density at radius 2 is 1.80 bits per heavy atom. The molecular formula is C29H28N12O3. The minimum absolute atomic E-state index is 0.206. The number of hydrazone groups is 1. The number of benzene rings is 1. The number of aromatic nitrogens is 6. The number of nitrogens with one attached hydrogen (secondary N) is 2. The minimum atomic E-state index is -0.632. The van der Waals surface area contributed by atoms with E-state index in [0.717, 1.165) is 11.6 Å². The van der Waals surface area contributed by atoms with Gasteiger partial charge in [-0.15, -0.1) is 10.6 Å². The first-order chi connectivity index (χ1) is 21.5. The number of hydrogen-bond acceptors (Lipinski definition) is 12. The summed E-state index contributed by atoms with van der Waals surface area (Å²) in [6.07, 6.45) is 11.3. The SMILES string of the molecule is COc1cnc(-c2cnc(-n3ccnc3)cn2)c2[nH]cc(C(=O)C(=O)N3CCN(C4=NN(C)NN4c4ccccc4)CC3)c12. The number of carbonyl (C=O) groups is 2. The van der Waals surface area contributed by atoms with E-state index in [-0.39, 0.29) is 5.56 Å². The number of ether oxygens (including phenoxy) is 1. The fourth-order valence-corrected chi connectivity index (χ4v) is 5.33. The van der Waals surface area contributed by atoms with Crippen LogP contribution in [0.15, 0.2) is 78.9 Å². The van der Waals surface area contributed by atoms with Crippen molar-refractivity contribution >= 4 is 34.2 Å². The van der Waals surface area contributed by atoms with Crippen LogP contribution in [0.4, 0.5) is 5.69 Å². The molecule has 0 spiro atoms. The molecule has 0 unspecified atom stereocenters. The van der Waals surface area contributed by atoms with Gasteiger partial charge >= 0.3 is 0 Å². The molecule has 6 heterocycles. The molecule has 5 aromatic rings. The quantitative estimate of drug-likeness (QED) is 0.219. The first kappa shape index (κ1) is 27.0. The molecule has 2 aliphatic rings. The van der Waals surface area contributed by atoms with Crippen molar-refractivity contribution in [3.05, 3.63) is 79.4 Å². The Hall–Kier alpha value is -5.83. The summed E-state index contributed by atoms with van der Waals surface area (Å²) in [6.45, 7) is 1.74. The first-order valence-electron chi connectivity index (χ1n) is 13.9. The zero-order valence-corrected chi connectivity index (χ0v) is 24.0. The largest absolute Gasteiger partial charge is 0.494 e. The van der Waals surface area contributed by atoms with Gasteiger partial charge in [0, 0.05) is 51.8 Å². The van der Waals surface area contributed by atoms with Crippen LogP contribution in [0.2, 0.25) is 0 Å². The maximum Gasteiger partial charge on any atom is 0.295 e. The molecule has 1 aromatic carbocycles. The highest BCUT2D eigenvalue weighted by Gasteiger charge is 2.34. The lowest BCUT2D eigenvalue weighted by atomic mass is 10.1. The number of para-hydroxylation sites is 1. The number of aromatic amines is 1. The van der Waals surface area contributed by atoms with E-state index in [1.165, 1.54) is 19.5 Å². The van der Waals surface area contributed by atoms with Crippen molar-refractivity contribution in [1.29, 1.82) is 0 Å². The summed E-state index contributed by atoms with van der Waals surface area (Å²) >= 11 is 0. The fourth-order valence-electron chi connectivity index (χ4n) is 5.33. The lowest BCUT2D eigenvalue weighted by Crippen LogP contribution is -2.56. The standard InChI is InChI=1S/C29H28N12O3/c1-37-35-29(41(36-37)19-6-4-3-5-7-19)39-12-10-38(11-13-39)28(43)27(42)20-14-33-26-24(20)22(44-2)16-34-25(26)21-15-32-23(17-31-21)40-9-8-30-18-40/h3-9,14-18,33,36H,10-13H2,1-2H3. The molecule has 44 heavy (non-hydrogen) atoms. The van der Waals surface area contributed by atoms with Crippen molar-refractivity contribution in [2.24, 2.45) is 5.10 Å². The molecule has 2 aliphatic heterocycles. The summed E-state index contributed by atoms with van der Waals surface area (Å²) in [5.41, 5.74) is 5.82. The molecule has 0 saturated carbocycles. The summed E-state index contributed by atoms with van der Waals surface area (Å²) < 4.78 is 7.28. The summed E-state index contributed by atoms with van der Waals surface area (Å²) in [4.78, 5) is 51.5. The number of Topliss-reactive ketones (excluding diaryl/α,β-unsaturated/α-hetero) is 1. The van der Waals surface area contributed by atoms with Gasteiger partial charge < -0.3 is 19.5 Å². The Morgan fingerprint density at radius 3 is 2.50 bits per heavy atom. The highest BCUT2D eigenvalue weighted by Crippen LogP contribution is 2.34. The number of carbonyl (C=O) groups excluding carboxylic acids is 2. The number of ketones is 1. The smallest absolute Gasteiger partial charge is 0.295 e. The number of guanidine groups is 1. The summed E-state index contributed by atoms with van der Waals surface area (Å²) in [6, 6.07) is 9.84. The number of methoxy groups -OCH3 is 1. The third kappa shape index (κ3) is 4.74. The maximum absolute atomic E-state index is 13.6. The maximum atomic E-state index is 13.6. The van der Waals surface area contributed by atoms with Crippen molar-refractivity contribution in [1.82, 2.24) is 49.9 Å². The summed E-state index contributed by atoms with van der Waals surface area (Å²) in [5.74, 6) is 0.469. The molecule has 15 nitrogen and oxygen atoms in total. The van der Waals surface area contributed by atoms with Crippen molar-refractivity contribution in [2.75, 3.05) is 45.3 Å². The van der Waals surface area contributed by atoms with Crippen LogP contribution in [-0.4, -0.2) is 102 Å². The Labute approximate surface area is 251 Å². The monoisotopic (exact) mass is 592 g/mol. The second kappa shape index (κ2) is 11.1. The van der Waals surface area contributed by atoms with E-state index in [1.807, 2.05) is 42.4 Å². The molecule has 4 aromatic heterocycles. The van der Waals surface area contributed by atoms with Gasteiger partial charge in [-0.1, -0.05) is 18.2 Å². The first-order valence-corrected chi connectivity index (χ1v) is 13.9. The molecule has 222 valence electrons.